The van der Waals surface area contributed by atoms with Crippen molar-refractivity contribution in [3.63, 3.8) is 0 Å². The van der Waals surface area contributed by atoms with Crippen LogP contribution in [-0.4, -0.2) is 32.5 Å². The molecule has 26 heavy (non-hydrogen) atoms. The number of Topliss-reactive ketones (excluding diaryl/α,β-unsaturated/α-hetero) is 1. The Morgan fingerprint density at radius 3 is 2.69 bits per heavy atom. The quantitative estimate of drug-likeness (QED) is 0.841. The molecule has 5 nitrogen and oxygen atoms in total. The van der Waals surface area contributed by atoms with E-state index >= 15 is 0 Å². The maximum Gasteiger partial charge on any atom is 0.297 e. The fourth-order valence-electron chi connectivity index (χ4n) is 6.03. The molecule has 0 saturated heterocycles. The number of anilines is 1. The minimum absolute atomic E-state index is 0.00219. The molecule has 1 fully saturated rings. The van der Waals surface area contributed by atoms with E-state index in [2.05, 4.69) is 19.2 Å². The van der Waals surface area contributed by atoms with Crippen LogP contribution in [0, 0.1) is 11.3 Å². The molecule has 1 aromatic rings. The topological polar surface area (TPSA) is 64.6 Å². The molecule has 5 heteroatoms. The molecule has 0 radical (unpaired) electrons. The van der Waals surface area contributed by atoms with E-state index in [-0.39, 0.29) is 10.8 Å². The summed E-state index contributed by atoms with van der Waals surface area (Å²) >= 11 is 0. The molecule has 4 rings (SSSR count). The Morgan fingerprint density at radius 1 is 1.23 bits per heavy atom. The highest BCUT2D eigenvalue weighted by Gasteiger charge is 2.53. The molecule has 1 aromatic carbocycles. The van der Waals surface area contributed by atoms with E-state index in [0.717, 1.165) is 37.9 Å². The summed E-state index contributed by atoms with van der Waals surface area (Å²) in [6.45, 7) is 5.45. The summed E-state index contributed by atoms with van der Waals surface area (Å²) in [6, 6.07) is 2.02. The van der Waals surface area contributed by atoms with E-state index in [1.165, 1.54) is 12.0 Å². The molecule has 140 valence electrons. The molecule has 0 spiro atoms. The monoisotopic (exact) mass is 357 g/mol. The standard InChI is InChI=1S/C21H27NO4/c1-20(11-25-3)8-5-9-21(2)13-10-14(26-4)16-17(22-19(24)18(16)23)12(13)6-7-15(20)21/h10,15H,5-9,11H2,1-4H3,(H,22,23,24)/t15?,20-,21-/m1/s1. The first-order valence-corrected chi connectivity index (χ1v) is 9.44. The Kier molecular flexibility index (Phi) is 3.92. The van der Waals surface area contributed by atoms with Crippen LogP contribution in [0.15, 0.2) is 6.07 Å². The average molecular weight is 357 g/mol. The van der Waals surface area contributed by atoms with Crippen LogP contribution in [-0.2, 0) is 21.4 Å². The SMILES string of the molecule is COC[C@@]1(C)CCC[C@]2(C)c3cc(OC)c4c(c3CCC12)NC(=O)C4=O. The predicted molar refractivity (Wildman–Crippen MR) is 99.0 cm³/mol. The Balaban J connectivity index is 1.90. The summed E-state index contributed by atoms with van der Waals surface area (Å²) in [7, 11) is 3.35. The van der Waals surface area contributed by atoms with E-state index in [4.69, 9.17) is 9.47 Å². The van der Waals surface area contributed by atoms with Crippen LogP contribution in [0.4, 0.5) is 5.69 Å². The van der Waals surface area contributed by atoms with Gasteiger partial charge in [0, 0.05) is 7.11 Å². The normalized spacial score (nSPS) is 32.5. The van der Waals surface area contributed by atoms with Crippen LogP contribution >= 0.6 is 0 Å². The summed E-state index contributed by atoms with van der Waals surface area (Å²) in [5.74, 6) is -0.0126. The Morgan fingerprint density at radius 2 is 2.00 bits per heavy atom. The predicted octanol–water partition coefficient (Wildman–Crippen LogP) is 3.49. The maximum absolute atomic E-state index is 12.3. The van der Waals surface area contributed by atoms with Crippen molar-refractivity contribution in [3.8, 4) is 5.75 Å². The van der Waals surface area contributed by atoms with Gasteiger partial charge in [-0.05, 0) is 59.6 Å². The van der Waals surface area contributed by atoms with Crippen molar-refractivity contribution >= 4 is 17.4 Å². The molecule has 3 atom stereocenters. The van der Waals surface area contributed by atoms with E-state index < -0.39 is 11.7 Å². The first-order chi connectivity index (χ1) is 12.4. The second-order valence-corrected chi connectivity index (χ2v) is 8.59. The van der Waals surface area contributed by atoms with Crippen molar-refractivity contribution < 1.29 is 19.1 Å². The molecule has 1 saturated carbocycles. The van der Waals surface area contributed by atoms with E-state index in [1.807, 2.05) is 6.07 Å². The summed E-state index contributed by atoms with van der Waals surface area (Å²) in [4.78, 5) is 24.3. The molecule has 0 aromatic heterocycles. The third kappa shape index (κ3) is 2.19. The average Bonchev–Trinajstić information content (AvgIpc) is 2.90. The van der Waals surface area contributed by atoms with Gasteiger partial charge in [-0.1, -0.05) is 20.3 Å². The summed E-state index contributed by atoms with van der Waals surface area (Å²) in [5, 5.41) is 2.82. The van der Waals surface area contributed by atoms with Crippen LogP contribution in [0.3, 0.4) is 0 Å². The van der Waals surface area contributed by atoms with Gasteiger partial charge in [-0.15, -0.1) is 0 Å². The second kappa shape index (κ2) is 5.81. The van der Waals surface area contributed by atoms with Crippen LogP contribution in [0.25, 0.3) is 0 Å². The first kappa shape index (κ1) is 17.5. The van der Waals surface area contributed by atoms with E-state index in [1.54, 1.807) is 14.2 Å². The molecule has 1 amide bonds. The van der Waals surface area contributed by atoms with Crippen LogP contribution < -0.4 is 10.1 Å². The smallest absolute Gasteiger partial charge is 0.297 e. The number of methoxy groups -OCH3 is 2. The van der Waals surface area contributed by atoms with Crippen molar-refractivity contribution in [2.24, 2.45) is 11.3 Å². The Bertz CT molecular complexity index is 798. The van der Waals surface area contributed by atoms with Gasteiger partial charge >= 0.3 is 0 Å². The minimum atomic E-state index is -0.549. The van der Waals surface area contributed by atoms with Gasteiger partial charge in [0.05, 0.1) is 25.0 Å². The third-order valence-corrected chi connectivity index (χ3v) is 7.12. The van der Waals surface area contributed by atoms with Gasteiger partial charge in [0.15, 0.2) is 0 Å². The van der Waals surface area contributed by atoms with Gasteiger partial charge in [-0.3, -0.25) is 9.59 Å². The van der Waals surface area contributed by atoms with Gasteiger partial charge < -0.3 is 14.8 Å². The highest BCUT2D eigenvalue weighted by Crippen LogP contribution is 2.59. The molecular formula is C21H27NO4. The van der Waals surface area contributed by atoms with Crippen molar-refractivity contribution in [3.05, 3.63) is 22.8 Å². The number of fused-ring (bicyclic) bond motifs is 5. The molecular weight excluding hydrogens is 330 g/mol. The van der Waals surface area contributed by atoms with Crippen molar-refractivity contribution in [2.75, 3.05) is 26.1 Å². The maximum atomic E-state index is 12.3. The number of amides is 1. The van der Waals surface area contributed by atoms with E-state index in [0.29, 0.717) is 22.9 Å². The number of ketones is 1. The fraction of sp³-hybridized carbons (Fsp3) is 0.619. The molecule has 3 aliphatic rings. The Hall–Kier alpha value is -1.88. The number of hydrogen-bond donors (Lipinski definition) is 1. The molecule has 1 heterocycles. The lowest BCUT2D eigenvalue weighted by Crippen LogP contribution is -2.50. The molecule has 2 aliphatic carbocycles. The molecule has 1 aliphatic heterocycles. The number of hydrogen-bond acceptors (Lipinski definition) is 4. The van der Waals surface area contributed by atoms with Gasteiger partial charge in [0.2, 0.25) is 0 Å². The number of carbonyl (C=O) groups is 2. The largest absolute Gasteiger partial charge is 0.496 e. The number of nitrogens with one attached hydrogen (secondary N) is 1. The van der Waals surface area contributed by atoms with Crippen molar-refractivity contribution in [2.45, 2.75) is 51.4 Å². The second-order valence-electron chi connectivity index (χ2n) is 8.59. The summed E-state index contributed by atoms with van der Waals surface area (Å²) < 4.78 is 11.1. The highest BCUT2D eigenvalue weighted by atomic mass is 16.5. The highest BCUT2D eigenvalue weighted by molar-refractivity contribution is 6.52. The lowest BCUT2D eigenvalue weighted by Gasteiger charge is -2.55. The first-order valence-electron chi connectivity index (χ1n) is 9.44. The van der Waals surface area contributed by atoms with Crippen molar-refractivity contribution in [1.29, 1.82) is 0 Å². The van der Waals surface area contributed by atoms with Gasteiger partial charge in [-0.25, -0.2) is 0 Å². The molecule has 1 N–H and O–H groups in total. The van der Waals surface area contributed by atoms with Crippen molar-refractivity contribution in [1.82, 2.24) is 0 Å². The number of carbonyl (C=O) groups excluding carboxylic acids is 2. The number of rotatable bonds is 3. The van der Waals surface area contributed by atoms with Gasteiger partial charge in [-0.2, -0.15) is 0 Å². The van der Waals surface area contributed by atoms with Crippen LogP contribution in [0.2, 0.25) is 0 Å². The third-order valence-electron chi connectivity index (χ3n) is 7.12. The Labute approximate surface area is 154 Å². The van der Waals surface area contributed by atoms with Crippen LogP contribution in [0.5, 0.6) is 5.75 Å². The summed E-state index contributed by atoms with van der Waals surface area (Å²) in [5.41, 5.74) is 3.60. The zero-order valence-electron chi connectivity index (χ0n) is 16.0. The molecule has 1 unspecified atom stereocenters. The number of benzene rings is 1. The van der Waals surface area contributed by atoms with Gasteiger partial charge in [0.1, 0.15) is 5.75 Å². The fourth-order valence-corrected chi connectivity index (χ4v) is 6.03. The van der Waals surface area contributed by atoms with E-state index in [9.17, 15) is 9.59 Å². The number of ether oxygens (including phenoxy) is 2. The zero-order valence-corrected chi connectivity index (χ0v) is 16.0. The van der Waals surface area contributed by atoms with Crippen LogP contribution in [0.1, 0.15) is 61.0 Å². The zero-order chi connectivity index (χ0) is 18.7. The lowest BCUT2D eigenvalue weighted by molar-refractivity contribution is -0.112. The lowest BCUT2D eigenvalue weighted by atomic mass is 9.50. The minimum Gasteiger partial charge on any atom is -0.496 e. The summed E-state index contributed by atoms with van der Waals surface area (Å²) in [6.07, 6.45) is 5.35. The van der Waals surface area contributed by atoms with Gasteiger partial charge in [0.25, 0.3) is 11.7 Å². The molecule has 0 bridgehead atoms.